The van der Waals surface area contributed by atoms with E-state index in [4.69, 9.17) is 0 Å². The molecule has 0 radical (unpaired) electrons. The van der Waals surface area contributed by atoms with Crippen LogP contribution in [0.25, 0.3) is 0 Å². The normalized spacial score (nSPS) is 12.1. The van der Waals surface area contributed by atoms with Gasteiger partial charge in [-0.15, -0.1) is 0 Å². The molecule has 0 aromatic carbocycles. The molecule has 0 fully saturated rings. The molecular formula is C8H9F3N4. The molecule has 1 aromatic rings. The topological polar surface area (TPSA) is 41.4 Å². The first kappa shape index (κ1) is 11.4. The second-order valence-electron chi connectivity index (χ2n) is 2.97. The fraction of sp³-hybridized carbons (Fsp3) is 0.375. The third kappa shape index (κ3) is 3.53. The first-order valence-electron chi connectivity index (χ1n) is 3.99. The zero-order valence-electron chi connectivity index (χ0n) is 8.15. The second kappa shape index (κ2) is 4.24. The number of alkyl halides is 3. The number of aliphatic imine (C=N–C) groups is 1. The number of aromatic nitrogens is 2. The van der Waals surface area contributed by atoms with Gasteiger partial charge in [-0.25, -0.2) is 15.0 Å². The minimum absolute atomic E-state index is 0.136. The predicted molar refractivity (Wildman–Crippen MR) is 48.9 cm³/mol. The third-order valence-electron chi connectivity index (χ3n) is 1.35. The summed E-state index contributed by atoms with van der Waals surface area (Å²) < 4.78 is 36.3. The van der Waals surface area contributed by atoms with Gasteiger partial charge in [-0.3, -0.25) is 0 Å². The van der Waals surface area contributed by atoms with E-state index in [-0.39, 0.29) is 5.82 Å². The zero-order chi connectivity index (χ0) is 11.5. The Bertz CT molecular complexity index is 342. The van der Waals surface area contributed by atoms with Crippen LogP contribution >= 0.6 is 0 Å². The zero-order valence-corrected chi connectivity index (χ0v) is 8.15. The van der Waals surface area contributed by atoms with Crippen LogP contribution in [0.15, 0.2) is 17.4 Å². The summed E-state index contributed by atoms with van der Waals surface area (Å²) in [6.07, 6.45) is -1.40. The van der Waals surface area contributed by atoms with Crippen molar-refractivity contribution >= 4 is 12.2 Å². The van der Waals surface area contributed by atoms with Gasteiger partial charge < -0.3 is 4.90 Å². The van der Waals surface area contributed by atoms with Crippen molar-refractivity contribution in [3.05, 3.63) is 18.1 Å². The minimum Gasteiger partial charge on any atom is -0.369 e. The highest BCUT2D eigenvalue weighted by molar-refractivity contribution is 5.58. The van der Waals surface area contributed by atoms with E-state index in [1.807, 2.05) is 0 Å². The van der Waals surface area contributed by atoms with Crippen molar-refractivity contribution in [2.24, 2.45) is 4.99 Å². The van der Waals surface area contributed by atoms with Crippen LogP contribution in [0, 0.1) is 0 Å². The average Bonchev–Trinajstić information content (AvgIpc) is 2.14. The minimum atomic E-state index is -4.46. The van der Waals surface area contributed by atoms with E-state index in [1.165, 1.54) is 6.34 Å². The molecule has 0 aliphatic heterocycles. The van der Waals surface area contributed by atoms with Gasteiger partial charge in [0.15, 0.2) is 11.5 Å². The molecule has 4 nitrogen and oxygen atoms in total. The van der Waals surface area contributed by atoms with Crippen molar-refractivity contribution in [3.63, 3.8) is 0 Å². The van der Waals surface area contributed by atoms with Crippen molar-refractivity contribution < 1.29 is 13.2 Å². The fourth-order valence-corrected chi connectivity index (χ4v) is 0.709. The Labute approximate surface area is 84.5 Å². The summed E-state index contributed by atoms with van der Waals surface area (Å²) in [5.41, 5.74) is -1.02. The first-order valence-corrected chi connectivity index (χ1v) is 3.99. The summed E-state index contributed by atoms with van der Waals surface area (Å²) >= 11 is 0. The number of hydrogen-bond acceptors (Lipinski definition) is 3. The quantitative estimate of drug-likeness (QED) is 0.560. The van der Waals surface area contributed by atoms with Crippen molar-refractivity contribution in [1.82, 2.24) is 14.9 Å². The summed E-state index contributed by atoms with van der Waals surface area (Å²) in [5, 5.41) is 0. The SMILES string of the molecule is CN(C)C=Nc1cnc(C(F)(F)F)cn1. The van der Waals surface area contributed by atoms with Crippen molar-refractivity contribution in [1.29, 1.82) is 0 Å². The van der Waals surface area contributed by atoms with Crippen molar-refractivity contribution in [2.75, 3.05) is 14.1 Å². The Morgan fingerprint density at radius 1 is 1.27 bits per heavy atom. The Balaban J connectivity index is 2.82. The van der Waals surface area contributed by atoms with E-state index in [2.05, 4.69) is 15.0 Å². The molecule has 7 heteroatoms. The fourth-order valence-electron chi connectivity index (χ4n) is 0.709. The molecule has 82 valence electrons. The number of nitrogens with zero attached hydrogens (tertiary/aromatic N) is 4. The predicted octanol–water partition coefficient (Wildman–Crippen LogP) is 1.72. The number of halogens is 3. The molecule has 0 atom stereocenters. The van der Waals surface area contributed by atoms with Crippen molar-refractivity contribution in [2.45, 2.75) is 6.18 Å². The van der Waals surface area contributed by atoms with E-state index in [9.17, 15) is 13.2 Å². The average molecular weight is 218 g/mol. The highest BCUT2D eigenvalue weighted by Gasteiger charge is 2.32. The third-order valence-corrected chi connectivity index (χ3v) is 1.35. The van der Waals surface area contributed by atoms with Gasteiger partial charge in [0.1, 0.15) is 0 Å². The van der Waals surface area contributed by atoms with Crippen LogP contribution in [0.1, 0.15) is 5.69 Å². The molecule has 15 heavy (non-hydrogen) atoms. The monoisotopic (exact) mass is 218 g/mol. The van der Waals surface area contributed by atoms with E-state index >= 15 is 0 Å². The van der Waals surface area contributed by atoms with Crippen LogP contribution in [0.4, 0.5) is 19.0 Å². The van der Waals surface area contributed by atoms with Gasteiger partial charge in [-0.1, -0.05) is 0 Å². The molecule has 0 saturated heterocycles. The maximum atomic E-state index is 12.1. The molecule has 0 unspecified atom stereocenters. The smallest absolute Gasteiger partial charge is 0.369 e. The molecule has 0 spiro atoms. The van der Waals surface area contributed by atoms with Gasteiger partial charge in [0.05, 0.1) is 18.7 Å². The van der Waals surface area contributed by atoms with Gasteiger partial charge in [0, 0.05) is 14.1 Å². The summed E-state index contributed by atoms with van der Waals surface area (Å²) in [7, 11) is 3.47. The Morgan fingerprint density at radius 3 is 2.33 bits per heavy atom. The number of rotatable bonds is 2. The largest absolute Gasteiger partial charge is 0.434 e. The summed E-state index contributed by atoms with van der Waals surface area (Å²) in [4.78, 5) is 12.1. The maximum Gasteiger partial charge on any atom is 0.434 e. The van der Waals surface area contributed by atoms with E-state index < -0.39 is 11.9 Å². The molecular weight excluding hydrogens is 209 g/mol. The van der Waals surface area contributed by atoms with Crippen LogP contribution < -0.4 is 0 Å². The number of hydrogen-bond donors (Lipinski definition) is 0. The standard InChI is InChI=1S/C8H9F3N4/c1-15(2)5-14-7-4-12-6(3-13-7)8(9,10)11/h3-5H,1-2H3. The van der Waals surface area contributed by atoms with Gasteiger partial charge in [0.2, 0.25) is 0 Å². The molecule has 0 bridgehead atoms. The molecule has 0 aliphatic carbocycles. The lowest BCUT2D eigenvalue weighted by Crippen LogP contribution is -2.09. The van der Waals surface area contributed by atoms with Gasteiger partial charge in [-0.2, -0.15) is 13.2 Å². The van der Waals surface area contributed by atoms with Crippen LogP contribution in [-0.2, 0) is 6.18 Å². The molecule has 0 saturated carbocycles. The lowest BCUT2D eigenvalue weighted by molar-refractivity contribution is -0.141. The summed E-state index contributed by atoms with van der Waals surface area (Å²) in [6.45, 7) is 0. The maximum absolute atomic E-state index is 12.1. The van der Waals surface area contributed by atoms with Crippen LogP contribution in [0.3, 0.4) is 0 Å². The second-order valence-corrected chi connectivity index (χ2v) is 2.97. The molecule has 0 N–H and O–H groups in total. The highest BCUT2D eigenvalue weighted by Crippen LogP contribution is 2.27. The molecule has 1 heterocycles. The van der Waals surface area contributed by atoms with Crippen LogP contribution in [0.2, 0.25) is 0 Å². The van der Waals surface area contributed by atoms with Crippen LogP contribution in [0.5, 0.6) is 0 Å². The molecule has 0 aliphatic rings. The Hall–Kier alpha value is -1.66. The lowest BCUT2D eigenvalue weighted by Gasteiger charge is -2.04. The molecule has 1 rings (SSSR count). The van der Waals surface area contributed by atoms with E-state index in [1.54, 1.807) is 19.0 Å². The summed E-state index contributed by atoms with van der Waals surface area (Å²) in [6, 6.07) is 0. The Morgan fingerprint density at radius 2 is 1.93 bits per heavy atom. The molecule has 0 amide bonds. The van der Waals surface area contributed by atoms with Crippen LogP contribution in [-0.4, -0.2) is 35.3 Å². The van der Waals surface area contributed by atoms with E-state index in [0.717, 1.165) is 6.20 Å². The van der Waals surface area contributed by atoms with Crippen molar-refractivity contribution in [3.8, 4) is 0 Å². The van der Waals surface area contributed by atoms with E-state index in [0.29, 0.717) is 6.20 Å². The Kier molecular flexibility index (Phi) is 3.23. The lowest BCUT2D eigenvalue weighted by atomic mass is 10.4. The van der Waals surface area contributed by atoms with Gasteiger partial charge in [0.25, 0.3) is 0 Å². The van der Waals surface area contributed by atoms with Gasteiger partial charge in [-0.05, 0) is 0 Å². The summed E-state index contributed by atoms with van der Waals surface area (Å²) in [5.74, 6) is 0.136. The van der Waals surface area contributed by atoms with Gasteiger partial charge >= 0.3 is 6.18 Å². The highest BCUT2D eigenvalue weighted by atomic mass is 19.4. The first-order chi connectivity index (χ1) is 6.89. The molecule has 1 aromatic heterocycles.